The maximum absolute atomic E-state index is 12.8. The van der Waals surface area contributed by atoms with Crippen molar-refractivity contribution in [2.45, 2.75) is 38.3 Å². The van der Waals surface area contributed by atoms with E-state index in [0.717, 1.165) is 6.42 Å². The van der Waals surface area contributed by atoms with Gasteiger partial charge in [0.15, 0.2) is 5.82 Å². The molecule has 1 aromatic heterocycles. The Hall–Kier alpha value is -0.930. The molecular weight excluding hydrogens is 159 g/mol. The molecule has 4 heteroatoms. The van der Waals surface area contributed by atoms with E-state index in [-0.39, 0.29) is 5.92 Å². The van der Waals surface area contributed by atoms with Gasteiger partial charge in [0.1, 0.15) is 6.17 Å². The van der Waals surface area contributed by atoms with Gasteiger partial charge in [0.25, 0.3) is 0 Å². The highest BCUT2D eigenvalue weighted by molar-refractivity contribution is 4.97. The van der Waals surface area contributed by atoms with Crippen LogP contribution < -0.4 is 0 Å². The van der Waals surface area contributed by atoms with Crippen molar-refractivity contribution in [1.29, 1.82) is 0 Å². The van der Waals surface area contributed by atoms with Gasteiger partial charge in [0.05, 0.1) is 0 Å². The van der Waals surface area contributed by atoms with Gasteiger partial charge in [-0.2, -0.15) is 4.98 Å². The molecule has 0 amide bonds. The SMILES string of the molecule is Cc1noc(C2CCC(F)C2)n1. The summed E-state index contributed by atoms with van der Waals surface area (Å²) in [4.78, 5) is 4.08. The van der Waals surface area contributed by atoms with Gasteiger partial charge >= 0.3 is 0 Å². The Kier molecular flexibility index (Phi) is 1.83. The first-order chi connectivity index (χ1) is 5.75. The molecule has 0 bridgehead atoms. The molecule has 1 aromatic rings. The highest BCUT2D eigenvalue weighted by Crippen LogP contribution is 2.34. The molecule has 2 atom stereocenters. The van der Waals surface area contributed by atoms with Crippen LogP contribution in [0.15, 0.2) is 4.52 Å². The summed E-state index contributed by atoms with van der Waals surface area (Å²) >= 11 is 0. The van der Waals surface area contributed by atoms with Crippen molar-refractivity contribution in [1.82, 2.24) is 10.1 Å². The molecule has 0 N–H and O–H groups in total. The Bertz CT molecular complexity index is 274. The maximum atomic E-state index is 12.8. The molecule has 1 saturated carbocycles. The van der Waals surface area contributed by atoms with Gasteiger partial charge < -0.3 is 4.52 Å². The number of halogens is 1. The Morgan fingerprint density at radius 3 is 2.83 bits per heavy atom. The van der Waals surface area contributed by atoms with E-state index in [4.69, 9.17) is 4.52 Å². The van der Waals surface area contributed by atoms with Crippen LogP contribution in [0.4, 0.5) is 4.39 Å². The van der Waals surface area contributed by atoms with Gasteiger partial charge in [-0.3, -0.25) is 0 Å². The van der Waals surface area contributed by atoms with E-state index in [2.05, 4.69) is 10.1 Å². The molecule has 0 spiro atoms. The molecule has 2 unspecified atom stereocenters. The molecule has 66 valence electrons. The van der Waals surface area contributed by atoms with Crippen LogP contribution in [0.3, 0.4) is 0 Å². The average Bonchev–Trinajstić information content (AvgIpc) is 2.58. The van der Waals surface area contributed by atoms with Crippen LogP contribution in [0.25, 0.3) is 0 Å². The lowest BCUT2D eigenvalue weighted by atomic mass is 10.1. The molecule has 1 aliphatic rings. The predicted molar refractivity (Wildman–Crippen MR) is 40.5 cm³/mol. The van der Waals surface area contributed by atoms with E-state index in [9.17, 15) is 4.39 Å². The van der Waals surface area contributed by atoms with E-state index < -0.39 is 6.17 Å². The molecule has 12 heavy (non-hydrogen) atoms. The summed E-state index contributed by atoms with van der Waals surface area (Å²) in [6, 6.07) is 0. The lowest BCUT2D eigenvalue weighted by molar-refractivity contribution is 0.319. The maximum Gasteiger partial charge on any atom is 0.229 e. The summed E-state index contributed by atoms with van der Waals surface area (Å²) in [5.41, 5.74) is 0. The number of aromatic nitrogens is 2. The van der Waals surface area contributed by atoms with Gasteiger partial charge in [-0.05, 0) is 26.2 Å². The van der Waals surface area contributed by atoms with Crippen LogP contribution in [0.1, 0.15) is 36.9 Å². The molecule has 3 nitrogen and oxygen atoms in total. The molecule has 0 saturated heterocycles. The number of alkyl halides is 1. The third-order valence-corrected chi connectivity index (χ3v) is 2.26. The summed E-state index contributed by atoms with van der Waals surface area (Å²) in [6.45, 7) is 1.77. The summed E-state index contributed by atoms with van der Waals surface area (Å²) < 4.78 is 17.7. The number of hydrogen-bond donors (Lipinski definition) is 0. The van der Waals surface area contributed by atoms with Crippen molar-refractivity contribution in [2.24, 2.45) is 0 Å². The minimum absolute atomic E-state index is 0.154. The quantitative estimate of drug-likeness (QED) is 0.646. The van der Waals surface area contributed by atoms with E-state index in [1.165, 1.54) is 0 Å². The lowest BCUT2D eigenvalue weighted by Crippen LogP contribution is -1.95. The highest BCUT2D eigenvalue weighted by atomic mass is 19.1. The first-order valence-corrected chi connectivity index (χ1v) is 4.20. The van der Waals surface area contributed by atoms with E-state index in [1.54, 1.807) is 6.92 Å². The second kappa shape index (κ2) is 2.84. The Balaban J connectivity index is 2.11. The normalized spacial score (nSPS) is 29.5. The lowest BCUT2D eigenvalue weighted by Gasteiger charge is -1.99. The van der Waals surface area contributed by atoms with Crippen molar-refractivity contribution in [3.8, 4) is 0 Å². The van der Waals surface area contributed by atoms with Crippen molar-refractivity contribution >= 4 is 0 Å². The standard InChI is InChI=1S/C8H11FN2O/c1-5-10-8(12-11-5)6-2-3-7(9)4-6/h6-7H,2-4H2,1H3. The fraction of sp³-hybridized carbons (Fsp3) is 0.750. The Morgan fingerprint density at radius 1 is 1.50 bits per heavy atom. The third-order valence-electron chi connectivity index (χ3n) is 2.26. The van der Waals surface area contributed by atoms with E-state index in [0.29, 0.717) is 24.6 Å². The molecule has 2 rings (SSSR count). The van der Waals surface area contributed by atoms with Gasteiger partial charge in [0, 0.05) is 5.92 Å². The molecule has 1 fully saturated rings. The summed E-state index contributed by atoms with van der Waals surface area (Å²) in [5, 5.41) is 3.68. The molecule has 1 heterocycles. The van der Waals surface area contributed by atoms with Crippen LogP contribution in [0.2, 0.25) is 0 Å². The van der Waals surface area contributed by atoms with E-state index >= 15 is 0 Å². The van der Waals surface area contributed by atoms with Gasteiger partial charge in [-0.1, -0.05) is 5.16 Å². The Morgan fingerprint density at radius 2 is 2.33 bits per heavy atom. The molecule has 0 radical (unpaired) electrons. The smallest absolute Gasteiger partial charge is 0.229 e. The second-order valence-electron chi connectivity index (χ2n) is 3.29. The zero-order valence-electron chi connectivity index (χ0n) is 6.96. The van der Waals surface area contributed by atoms with Crippen molar-refractivity contribution in [3.63, 3.8) is 0 Å². The number of rotatable bonds is 1. The minimum Gasteiger partial charge on any atom is -0.339 e. The molecule has 1 aliphatic carbocycles. The summed E-state index contributed by atoms with van der Waals surface area (Å²) in [5.74, 6) is 1.39. The zero-order valence-corrected chi connectivity index (χ0v) is 6.96. The van der Waals surface area contributed by atoms with Crippen molar-refractivity contribution < 1.29 is 8.91 Å². The van der Waals surface area contributed by atoms with E-state index in [1.807, 2.05) is 0 Å². The zero-order chi connectivity index (χ0) is 8.55. The van der Waals surface area contributed by atoms with Crippen LogP contribution >= 0.6 is 0 Å². The molecular formula is C8H11FN2O. The molecule has 0 aromatic carbocycles. The molecule has 0 aliphatic heterocycles. The van der Waals surface area contributed by atoms with Crippen LogP contribution in [-0.4, -0.2) is 16.3 Å². The van der Waals surface area contributed by atoms with Gasteiger partial charge in [-0.15, -0.1) is 0 Å². The first-order valence-electron chi connectivity index (χ1n) is 4.20. The van der Waals surface area contributed by atoms with Crippen molar-refractivity contribution in [2.75, 3.05) is 0 Å². The average molecular weight is 170 g/mol. The summed E-state index contributed by atoms with van der Waals surface area (Å²) in [7, 11) is 0. The number of aryl methyl sites for hydroxylation is 1. The van der Waals surface area contributed by atoms with Gasteiger partial charge in [-0.25, -0.2) is 4.39 Å². The topological polar surface area (TPSA) is 38.9 Å². The highest BCUT2D eigenvalue weighted by Gasteiger charge is 2.29. The fourth-order valence-electron chi connectivity index (χ4n) is 1.63. The fourth-order valence-corrected chi connectivity index (χ4v) is 1.63. The first kappa shape index (κ1) is 7.71. The minimum atomic E-state index is -0.679. The van der Waals surface area contributed by atoms with Crippen LogP contribution in [0.5, 0.6) is 0 Å². The third kappa shape index (κ3) is 1.33. The van der Waals surface area contributed by atoms with Gasteiger partial charge in [0.2, 0.25) is 5.89 Å². The summed E-state index contributed by atoms with van der Waals surface area (Å²) in [6.07, 6.45) is 1.33. The van der Waals surface area contributed by atoms with Crippen molar-refractivity contribution in [3.05, 3.63) is 11.7 Å². The van der Waals surface area contributed by atoms with Crippen LogP contribution in [0, 0.1) is 6.92 Å². The Labute approximate surface area is 70.0 Å². The monoisotopic (exact) mass is 170 g/mol. The largest absolute Gasteiger partial charge is 0.339 e. The van der Waals surface area contributed by atoms with Crippen LogP contribution in [-0.2, 0) is 0 Å². The number of nitrogens with zero attached hydrogens (tertiary/aromatic N) is 2. The number of hydrogen-bond acceptors (Lipinski definition) is 3. The second-order valence-corrected chi connectivity index (χ2v) is 3.29. The predicted octanol–water partition coefficient (Wildman–Crippen LogP) is 1.98.